The molecule has 31 heavy (non-hydrogen) atoms. The van der Waals surface area contributed by atoms with Crippen LogP contribution >= 0.6 is 0 Å². The first-order valence-electron chi connectivity index (χ1n) is 9.90. The monoisotopic (exact) mass is 431 g/mol. The molecule has 1 aromatic carbocycles. The van der Waals surface area contributed by atoms with Crippen LogP contribution in [-0.4, -0.2) is 42.0 Å². The zero-order valence-electron chi connectivity index (χ0n) is 19.1. The molecule has 0 unspecified atom stereocenters. The molecule has 10 nitrogen and oxygen atoms in total. The van der Waals surface area contributed by atoms with Crippen LogP contribution in [0.1, 0.15) is 45.2 Å². The Kier molecular flexibility index (Phi) is 10.9. The molecular formula is C21H33N7O3. The maximum Gasteiger partial charge on any atom is 0.352 e. The Labute approximate surface area is 183 Å². The van der Waals surface area contributed by atoms with Crippen molar-refractivity contribution in [1.82, 2.24) is 5.01 Å². The number of nitrogens with zero attached hydrogens (tertiary/aromatic N) is 5. The van der Waals surface area contributed by atoms with E-state index in [1.165, 1.54) is 7.05 Å². The summed E-state index contributed by atoms with van der Waals surface area (Å²) >= 11 is 0. The van der Waals surface area contributed by atoms with Crippen LogP contribution in [0.3, 0.4) is 0 Å². The number of carbonyl (C=O) groups excluding carboxylic acids is 1. The van der Waals surface area contributed by atoms with E-state index >= 15 is 0 Å². The number of ether oxygens (including phenoxy) is 1. The van der Waals surface area contributed by atoms with E-state index in [0.717, 1.165) is 21.1 Å². The summed E-state index contributed by atoms with van der Waals surface area (Å²) in [5, 5.41) is 14.3. The number of anilines is 1. The Bertz CT molecular complexity index is 861. The van der Waals surface area contributed by atoms with Crippen molar-refractivity contribution in [1.29, 1.82) is 0 Å². The maximum absolute atomic E-state index is 12.1. The van der Waals surface area contributed by atoms with Crippen LogP contribution in [0, 0.1) is 6.92 Å². The van der Waals surface area contributed by atoms with Gasteiger partial charge in [-0.3, -0.25) is 5.01 Å². The van der Waals surface area contributed by atoms with Crippen molar-refractivity contribution in [2.45, 2.75) is 47.6 Å². The number of allylic oxidation sites excluding steroid dienone is 1. The van der Waals surface area contributed by atoms with Gasteiger partial charge in [-0.1, -0.05) is 30.3 Å². The smallest absolute Gasteiger partial charge is 0.352 e. The largest absolute Gasteiger partial charge is 0.475 e. The molecule has 0 spiro atoms. The summed E-state index contributed by atoms with van der Waals surface area (Å²) in [6.45, 7) is 9.86. The minimum absolute atomic E-state index is 0.165. The first kappa shape index (κ1) is 25.8. The molecule has 170 valence electrons. The number of hydrogen-bond acceptors (Lipinski definition) is 8. The van der Waals surface area contributed by atoms with E-state index in [-0.39, 0.29) is 6.61 Å². The molecule has 0 fully saturated rings. The van der Waals surface area contributed by atoms with Crippen LogP contribution in [0.15, 0.2) is 45.7 Å². The molecule has 4 N–H and O–H groups in total. The number of aryl methyl sites for hydroxylation is 1. The van der Waals surface area contributed by atoms with E-state index < -0.39 is 6.03 Å². The Morgan fingerprint density at radius 1 is 1.19 bits per heavy atom. The first-order valence-corrected chi connectivity index (χ1v) is 9.90. The van der Waals surface area contributed by atoms with Gasteiger partial charge in [0.1, 0.15) is 13.2 Å². The van der Waals surface area contributed by atoms with Gasteiger partial charge in [-0.05, 0) is 45.4 Å². The highest BCUT2D eigenvalue weighted by molar-refractivity contribution is 6.40. The van der Waals surface area contributed by atoms with E-state index in [1.807, 2.05) is 39.0 Å². The summed E-state index contributed by atoms with van der Waals surface area (Å²) in [5.41, 5.74) is 3.39. The van der Waals surface area contributed by atoms with E-state index in [1.54, 1.807) is 26.0 Å². The highest BCUT2D eigenvalue weighted by atomic mass is 16.6. The molecule has 0 heterocycles. The molecule has 0 aliphatic carbocycles. The van der Waals surface area contributed by atoms with Gasteiger partial charge in [0.05, 0.1) is 17.1 Å². The highest BCUT2D eigenvalue weighted by Crippen LogP contribution is 2.23. The fraction of sp³-hybridized carbons (Fsp3) is 0.429. The number of rotatable bonds is 9. The van der Waals surface area contributed by atoms with Gasteiger partial charge in [0, 0.05) is 19.0 Å². The molecule has 0 saturated heterocycles. The summed E-state index contributed by atoms with van der Waals surface area (Å²) in [6, 6.07) is 4.89. The second kappa shape index (κ2) is 13.1. The van der Waals surface area contributed by atoms with Crippen molar-refractivity contribution in [3.05, 3.63) is 41.5 Å². The quantitative estimate of drug-likeness (QED) is 0.118. The van der Waals surface area contributed by atoms with Crippen molar-refractivity contribution in [2.75, 3.05) is 18.7 Å². The summed E-state index contributed by atoms with van der Waals surface area (Å²) in [7, 11) is 1.42. The maximum atomic E-state index is 12.1. The Balaban J connectivity index is 2.96. The molecule has 1 rings (SSSR count). The van der Waals surface area contributed by atoms with Gasteiger partial charge >= 0.3 is 6.03 Å². The van der Waals surface area contributed by atoms with Crippen LogP contribution in [-0.2, 0) is 16.2 Å². The van der Waals surface area contributed by atoms with Crippen LogP contribution in [0.2, 0.25) is 0 Å². The SMILES string of the molecule is CC=CCON=C(C)C(C)=N/N=C(/CC)OCc1c(C)cccc1N(N)C(=O)N(C)N. The Morgan fingerprint density at radius 3 is 2.52 bits per heavy atom. The summed E-state index contributed by atoms with van der Waals surface area (Å²) < 4.78 is 5.86. The molecule has 0 aromatic heterocycles. The number of nitrogens with two attached hydrogens (primary N) is 2. The second-order valence-electron chi connectivity index (χ2n) is 6.70. The topological polar surface area (TPSA) is 131 Å². The lowest BCUT2D eigenvalue weighted by atomic mass is 10.1. The van der Waals surface area contributed by atoms with Crippen LogP contribution in [0.5, 0.6) is 0 Å². The molecule has 0 atom stereocenters. The van der Waals surface area contributed by atoms with Gasteiger partial charge in [0.2, 0.25) is 5.90 Å². The predicted octanol–water partition coefficient (Wildman–Crippen LogP) is 3.27. The van der Waals surface area contributed by atoms with Crippen LogP contribution in [0.25, 0.3) is 0 Å². The lowest BCUT2D eigenvalue weighted by molar-refractivity contribution is 0.175. The van der Waals surface area contributed by atoms with E-state index in [4.69, 9.17) is 21.3 Å². The molecule has 2 amide bonds. The molecule has 1 aromatic rings. The van der Waals surface area contributed by atoms with E-state index in [2.05, 4.69) is 15.4 Å². The number of oxime groups is 1. The number of urea groups is 1. The molecule has 0 aliphatic rings. The number of amides is 2. The molecule has 0 aliphatic heterocycles. The van der Waals surface area contributed by atoms with Gasteiger partial charge in [-0.2, -0.15) is 5.10 Å². The third-order valence-electron chi connectivity index (χ3n) is 4.28. The Hall–Kier alpha value is -3.24. The van der Waals surface area contributed by atoms with Crippen molar-refractivity contribution < 1.29 is 14.4 Å². The third kappa shape index (κ3) is 8.19. The summed E-state index contributed by atoms with van der Waals surface area (Å²) in [4.78, 5) is 17.3. The van der Waals surface area contributed by atoms with Crippen molar-refractivity contribution in [3.63, 3.8) is 0 Å². The standard InChI is InChI=1S/C21H33N7O3/c1-7-9-13-31-26-17(5)16(4)24-25-20(8-2)30-14-18-15(3)11-10-12-19(18)28(23)21(29)27(6)22/h7,9-12H,8,13-14,22-23H2,1-6H3/b9-7?,24-16?,25-20-,26-17?. The zero-order valence-corrected chi connectivity index (χ0v) is 19.1. The average Bonchev–Trinajstić information content (AvgIpc) is 2.75. The molecule has 10 heteroatoms. The van der Waals surface area contributed by atoms with E-state index in [9.17, 15) is 4.79 Å². The normalized spacial score (nSPS) is 12.8. The van der Waals surface area contributed by atoms with Crippen LogP contribution in [0.4, 0.5) is 10.5 Å². The second-order valence-corrected chi connectivity index (χ2v) is 6.70. The molecule has 0 radical (unpaired) electrons. The van der Waals surface area contributed by atoms with Gasteiger partial charge in [0.25, 0.3) is 0 Å². The minimum Gasteiger partial charge on any atom is -0.475 e. The fourth-order valence-electron chi connectivity index (χ4n) is 2.27. The molecule has 0 bridgehead atoms. The molecular weight excluding hydrogens is 398 g/mol. The lowest BCUT2D eigenvalue weighted by Crippen LogP contribution is -2.49. The molecule has 0 saturated carbocycles. The minimum atomic E-state index is -0.553. The highest BCUT2D eigenvalue weighted by Gasteiger charge is 2.19. The number of benzene rings is 1. The third-order valence-corrected chi connectivity index (χ3v) is 4.28. The average molecular weight is 432 g/mol. The van der Waals surface area contributed by atoms with Gasteiger partial charge < -0.3 is 9.57 Å². The number of carbonyl (C=O) groups is 1. The Morgan fingerprint density at radius 2 is 1.90 bits per heavy atom. The first-order chi connectivity index (χ1) is 14.7. The van der Waals surface area contributed by atoms with Crippen LogP contribution < -0.4 is 16.7 Å². The fourth-order valence-corrected chi connectivity index (χ4v) is 2.27. The number of hydrazine groups is 2. The van der Waals surface area contributed by atoms with Crippen molar-refractivity contribution in [3.8, 4) is 0 Å². The summed E-state index contributed by atoms with van der Waals surface area (Å²) in [5.74, 6) is 11.9. The van der Waals surface area contributed by atoms with E-state index in [0.29, 0.717) is 36.0 Å². The summed E-state index contributed by atoms with van der Waals surface area (Å²) in [6.07, 6.45) is 4.27. The predicted molar refractivity (Wildman–Crippen MR) is 125 cm³/mol. The number of hydrogen-bond donors (Lipinski definition) is 2. The van der Waals surface area contributed by atoms with Gasteiger partial charge in [-0.15, -0.1) is 5.10 Å². The van der Waals surface area contributed by atoms with Crippen molar-refractivity contribution >= 4 is 29.0 Å². The van der Waals surface area contributed by atoms with Crippen molar-refractivity contribution in [2.24, 2.45) is 27.0 Å². The van der Waals surface area contributed by atoms with Gasteiger partial charge in [-0.25, -0.2) is 21.5 Å². The zero-order chi connectivity index (χ0) is 23.4. The van der Waals surface area contributed by atoms with Gasteiger partial charge in [0.15, 0.2) is 0 Å². The lowest BCUT2D eigenvalue weighted by Gasteiger charge is -2.24.